The van der Waals surface area contributed by atoms with Gasteiger partial charge in [-0.1, -0.05) is 13.8 Å². The van der Waals surface area contributed by atoms with Gasteiger partial charge < -0.3 is 20.7 Å². The number of hydrogen-bond donors (Lipinski definition) is 2. The Kier molecular flexibility index (Phi) is 6.05. The fraction of sp³-hybridized carbons (Fsp3) is 0.923. The monoisotopic (exact) mass is 257 g/mol. The van der Waals surface area contributed by atoms with Gasteiger partial charge in [0, 0.05) is 19.1 Å². The number of ether oxygens (including phenoxy) is 1. The van der Waals surface area contributed by atoms with Crippen molar-refractivity contribution in [1.82, 2.24) is 10.2 Å². The van der Waals surface area contributed by atoms with Crippen molar-refractivity contribution in [1.29, 1.82) is 0 Å². The molecule has 1 amide bonds. The van der Waals surface area contributed by atoms with Crippen molar-refractivity contribution >= 4 is 5.91 Å². The molecule has 18 heavy (non-hydrogen) atoms. The SMILES string of the molecule is CC(C)C(CNC(=O)C1CCC(CN)O1)N(C)C. The zero-order chi connectivity index (χ0) is 13.7. The average molecular weight is 257 g/mol. The molecule has 0 saturated carbocycles. The Bertz CT molecular complexity index is 261. The molecule has 0 aliphatic carbocycles. The standard InChI is InChI=1S/C13H27N3O2/c1-9(2)11(16(3)4)8-15-13(17)12-6-5-10(7-14)18-12/h9-12H,5-8,14H2,1-4H3,(H,15,17). The van der Waals surface area contributed by atoms with Crippen LogP contribution in [0.5, 0.6) is 0 Å². The maximum Gasteiger partial charge on any atom is 0.249 e. The lowest BCUT2D eigenvalue weighted by atomic mass is 10.0. The number of likely N-dealkylation sites (N-methyl/N-ethyl adjacent to an activating group) is 1. The van der Waals surface area contributed by atoms with Gasteiger partial charge in [-0.05, 0) is 32.9 Å². The minimum absolute atomic E-state index is 0.00144. The Labute approximate surface area is 110 Å². The molecule has 1 rings (SSSR count). The molecule has 0 aromatic rings. The summed E-state index contributed by atoms with van der Waals surface area (Å²) in [5.41, 5.74) is 5.53. The molecule has 0 aromatic carbocycles. The first-order valence-corrected chi connectivity index (χ1v) is 6.75. The Morgan fingerprint density at radius 1 is 1.44 bits per heavy atom. The second-order valence-corrected chi connectivity index (χ2v) is 5.58. The van der Waals surface area contributed by atoms with Crippen LogP contribution in [-0.4, -0.2) is 56.2 Å². The van der Waals surface area contributed by atoms with Crippen LogP contribution in [0.2, 0.25) is 0 Å². The van der Waals surface area contributed by atoms with E-state index in [1.807, 2.05) is 14.1 Å². The molecule has 3 N–H and O–H groups in total. The molecule has 0 radical (unpaired) electrons. The first-order chi connectivity index (χ1) is 8.45. The third kappa shape index (κ3) is 4.23. The predicted molar refractivity (Wildman–Crippen MR) is 72.3 cm³/mol. The molecular weight excluding hydrogens is 230 g/mol. The summed E-state index contributed by atoms with van der Waals surface area (Å²) in [5.74, 6) is 0.500. The van der Waals surface area contributed by atoms with Gasteiger partial charge in [0.25, 0.3) is 0 Å². The number of rotatable bonds is 6. The van der Waals surface area contributed by atoms with E-state index in [0.717, 1.165) is 12.8 Å². The fourth-order valence-corrected chi connectivity index (χ4v) is 2.41. The van der Waals surface area contributed by atoms with Crippen molar-refractivity contribution in [3.8, 4) is 0 Å². The lowest BCUT2D eigenvalue weighted by Gasteiger charge is -2.28. The second-order valence-electron chi connectivity index (χ2n) is 5.58. The van der Waals surface area contributed by atoms with Crippen LogP contribution in [0.1, 0.15) is 26.7 Å². The lowest BCUT2D eigenvalue weighted by molar-refractivity contribution is -0.132. The van der Waals surface area contributed by atoms with Gasteiger partial charge in [0.05, 0.1) is 6.10 Å². The van der Waals surface area contributed by atoms with Crippen molar-refractivity contribution in [3.63, 3.8) is 0 Å². The van der Waals surface area contributed by atoms with Crippen LogP contribution in [0.15, 0.2) is 0 Å². The highest BCUT2D eigenvalue weighted by Gasteiger charge is 2.30. The quantitative estimate of drug-likeness (QED) is 0.713. The lowest BCUT2D eigenvalue weighted by Crippen LogP contribution is -2.46. The van der Waals surface area contributed by atoms with E-state index in [1.165, 1.54) is 0 Å². The third-order valence-electron chi connectivity index (χ3n) is 3.58. The van der Waals surface area contributed by atoms with Gasteiger partial charge >= 0.3 is 0 Å². The first-order valence-electron chi connectivity index (χ1n) is 6.75. The summed E-state index contributed by atoms with van der Waals surface area (Å²) in [6.45, 7) is 5.48. The van der Waals surface area contributed by atoms with E-state index < -0.39 is 0 Å². The number of nitrogens with one attached hydrogen (secondary N) is 1. The largest absolute Gasteiger partial charge is 0.364 e. The van der Waals surface area contributed by atoms with Crippen LogP contribution in [0.4, 0.5) is 0 Å². The van der Waals surface area contributed by atoms with Crippen LogP contribution in [0.25, 0.3) is 0 Å². The Hall–Kier alpha value is -0.650. The zero-order valence-corrected chi connectivity index (χ0v) is 12.0. The predicted octanol–water partition coefficient (Wildman–Crippen LogP) is 0.195. The molecule has 5 heteroatoms. The summed E-state index contributed by atoms with van der Waals surface area (Å²) < 4.78 is 5.57. The smallest absolute Gasteiger partial charge is 0.249 e. The van der Waals surface area contributed by atoms with Crippen LogP contribution in [0, 0.1) is 5.92 Å². The van der Waals surface area contributed by atoms with E-state index in [9.17, 15) is 4.79 Å². The summed E-state index contributed by atoms with van der Waals surface area (Å²) in [4.78, 5) is 14.1. The van der Waals surface area contributed by atoms with Crippen molar-refractivity contribution in [3.05, 3.63) is 0 Å². The van der Waals surface area contributed by atoms with Gasteiger partial charge in [0.1, 0.15) is 6.10 Å². The number of carbonyl (C=O) groups excluding carboxylic acids is 1. The summed E-state index contributed by atoms with van der Waals surface area (Å²) in [6.07, 6.45) is 1.40. The highest BCUT2D eigenvalue weighted by atomic mass is 16.5. The Balaban J connectivity index is 2.36. The molecule has 0 bridgehead atoms. The number of hydrogen-bond acceptors (Lipinski definition) is 4. The zero-order valence-electron chi connectivity index (χ0n) is 12.0. The maximum absolute atomic E-state index is 12.0. The number of amides is 1. The van der Waals surface area contributed by atoms with Crippen LogP contribution in [0.3, 0.4) is 0 Å². The van der Waals surface area contributed by atoms with Crippen molar-refractivity contribution in [2.45, 2.75) is 44.9 Å². The normalized spacial score (nSPS) is 25.7. The maximum atomic E-state index is 12.0. The molecule has 106 valence electrons. The van der Waals surface area contributed by atoms with Gasteiger partial charge in [-0.25, -0.2) is 0 Å². The molecule has 1 aliphatic heterocycles. The first kappa shape index (κ1) is 15.4. The molecule has 1 heterocycles. The molecule has 0 aromatic heterocycles. The van der Waals surface area contributed by atoms with E-state index in [-0.39, 0.29) is 18.1 Å². The highest BCUT2D eigenvalue weighted by Crippen LogP contribution is 2.19. The minimum atomic E-state index is -0.312. The summed E-state index contributed by atoms with van der Waals surface area (Å²) in [5, 5.41) is 2.99. The van der Waals surface area contributed by atoms with Crippen molar-refractivity contribution < 1.29 is 9.53 Å². The van der Waals surface area contributed by atoms with Gasteiger partial charge in [-0.2, -0.15) is 0 Å². The fourth-order valence-electron chi connectivity index (χ4n) is 2.41. The van der Waals surface area contributed by atoms with E-state index in [2.05, 4.69) is 24.1 Å². The summed E-state index contributed by atoms with van der Waals surface area (Å²) in [7, 11) is 4.07. The van der Waals surface area contributed by atoms with E-state index >= 15 is 0 Å². The van der Waals surface area contributed by atoms with E-state index in [0.29, 0.717) is 25.0 Å². The van der Waals surface area contributed by atoms with E-state index in [4.69, 9.17) is 10.5 Å². The van der Waals surface area contributed by atoms with Crippen LogP contribution >= 0.6 is 0 Å². The average Bonchev–Trinajstić information content (AvgIpc) is 2.76. The second kappa shape index (κ2) is 7.07. The van der Waals surface area contributed by atoms with Gasteiger partial charge in [-0.3, -0.25) is 4.79 Å². The Morgan fingerprint density at radius 2 is 2.11 bits per heavy atom. The Morgan fingerprint density at radius 3 is 2.56 bits per heavy atom. The number of nitrogens with two attached hydrogens (primary N) is 1. The number of carbonyl (C=O) groups is 1. The number of nitrogens with zero attached hydrogens (tertiary/aromatic N) is 1. The molecule has 3 unspecified atom stereocenters. The summed E-state index contributed by atoms with van der Waals surface area (Å²) >= 11 is 0. The van der Waals surface area contributed by atoms with E-state index in [1.54, 1.807) is 0 Å². The van der Waals surface area contributed by atoms with Gasteiger partial charge in [-0.15, -0.1) is 0 Å². The topological polar surface area (TPSA) is 67.6 Å². The van der Waals surface area contributed by atoms with Gasteiger partial charge in [0.15, 0.2) is 0 Å². The van der Waals surface area contributed by atoms with Crippen molar-refractivity contribution in [2.75, 3.05) is 27.2 Å². The van der Waals surface area contributed by atoms with Crippen molar-refractivity contribution in [2.24, 2.45) is 11.7 Å². The molecule has 1 aliphatic rings. The summed E-state index contributed by atoms with van der Waals surface area (Å²) in [6, 6.07) is 0.348. The molecule has 3 atom stereocenters. The highest BCUT2D eigenvalue weighted by molar-refractivity contribution is 5.81. The molecule has 1 saturated heterocycles. The molecule has 5 nitrogen and oxygen atoms in total. The van der Waals surface area contributed by atoms with Crippen LogP contribution < -0.4 is 11.1 Å². The molecular formula is C13H27N3O2. The van der Waals surface area contributed by atoms with Gasteiger partial charge in [0.2, 0.25) is 5.91 Å². The minimum Gasteiger partial charge on any atom is -0.364 e. The van der Waals surface area contributed by atoms with Crippen LogP contribution in [-0.2, 0) is 9.53 Å². The molecule has 0 spiro atoms. The molecule has 1 fully saturated rings. The third-order valence-corrected chi connectivity index (χ3v) is 3.58.